The van der Waals surface area contributed by atoms with Gasteiger partial charge in [-0.25, -0.2) is 15.4 Å². The summed E-state index contributed by atoms with van der Waals surface area (Å²) in [4.78, 5) is 21.6. The lowest BCUT2D eigenvalue weighted by atomic mass is 10.2. The number of amides is 1. The zero-order valence-electron chi connectivity index (χ0n) is 14.1. The van der Waals surface area contributed by atoms with Crippen molar-refractivity contribution in [3.8, 4) is 10.6 Å². The second-order valence-corrected chi connectivity index (χ2v) is 8.07. The number of aromatic nitrogens is 3. The highest BCUT2D eigenvalue weighted by atomic mass is 127. The Bertz CT molecular complexity index is 1150. The molecule has 0 spiro atoms. The molecule has 0 radical (unpaired) electrons. The average molecular weight is 491 g/mol. The third-order valence-electron chi connectivity index (χ3n) is 3.97. The molecule has 3 aromatic heterocycles. The van der Waals surface area contributed by atoms with E-state index < -0.39 is 5.91 Å². The lowest BCUT2D eigenvalue weighted by Crippen LogP contribution is -2.18. The molecule has 7 nitrogen and oxygen atoms in total. The number of thiazole rings is 1. The summed E-state index contributed by atoms with van der Waals surface area (Å²) >= 11 is 3.79. The molecule has 1 aromatic carbocycles. The van der Waals surface area contributed by atoms with Crippen LogP contribution in [0.3, 0.4) is 0 Å². The number of rotatable bonds is 4. The van der Waals surface area contributed by atoms with Crippen molar-refractivity contribution in [2.75, 3.05) is 5.32 Å². The van der Waals surface area contributed by atoms with Crippen LogP contribution in [-0.2, 0) is 0 Å². The van der Waals surface area contributed by atoms with Gasteiger partial charge >= 0.3 is 0 Å². The first kappa shape index (κ1) is 17.9. The van der Waals surface area contributed by atoms with Gasteiger partial charge in [-0.2, -0.15) is 0 Å². The van der Waals surface area contributed by atoms with E-state index in [2.05, 4.69) is 48.5 Å². The molecule has 4 rings (SSSR count). The van der Waals surface area contributed by atoms with E-state index in [1.807, 2.05) is 31.3 Å². The van der Waals surface area contributed by atoms with Crippen LogP contribution in [-0.4, -0.2) is 25.5 Å². The van der Waals surface area contributed by atoms with E-state index in [4.69, 9.17) is 5.21 Å². The van der Waals surface area contributed by atoms with Gasteiger partial charge in [-0.3, -0.25) is 14.4 Å². The maximum Gasteiger partial charge on any atom is 0.274 e. The molecule has 0 saturated heterocycles. The molecular weight excluding hydrogens is 477 g/mol. The lowest BCUT2D eigenvalue weighted by molar-refractivity contribution is 0.0706. The molecule has 0 bridgehead atoms. The van der Waals surface area contributed by atoms with Gasteiger partial charge in [0.1, 0.15) is 5.65 Å². The number of hydrogen-bond acceptors (Lipinski definition) is 6. The van der Waals surface area contributed by atoms with Crippen molar-refractivity contribution in [1.29, 1.82) is 0 Å². The number of nitrogens with zero attached hydrogens (tertiary/aromatic N) is 3. The summed E-state index contributed by atoms with van der Waals surface area (Å²) in [6.07, 6.45) is 3.86. The van der Waals surface area contributed by atoms with Crippen LogP contribution in [0.25, 0.3) is 16.2 Å². The van der Waals surface area contributed by atoms with E-state index in [1.165, 1.54) is 11.3 Å². The standard InChI is InChI=1S/C18H14IN5O2S/c1-10-16(24-9-12(19)5-6-15(24)21-10)14-8-20-18(27-14)22-13-4-2-3-11(7-13)17(25)23-26/h2-9,26H,1H3,(H,20,22)(H,23,25). The molecule has 3 N–H and O–H groups in total. The average Bonchev–Trinajstić information content (AvgIpc) is 3.24. The highest BCUT2D eigenvalue weighted by Crippen LogP contribution is 2.33. The van der Waals surface area contributed by atoms with Crippen LogP contribution >= 0.6 is 33.9 Å². The first-order valence-corrected chi connectivity index (χ1v) is 9.86. The highest BCUT2D eigenvalue weighted by Gasteiger charge is 2.14. The van der Waals surface area contributed by atoms with Crippen LogP contribution < -0.4 is 10.8 Å². The van der Waals surface area contributed by atoms with Gasteiger partial charge in [-0.05, 0) is 59.8 Å². The molecule has 0 saturated carbocycles. The number of aryl methyl sites for hydroxylation is 1. The van der Waals surface area contributed by atoms with Crippen LogP contribution in [0.2, 0.25) is 0 Å². The van der Waals surface area contributed by atoms with Crippen LogP contribution in [0, 0.1) is 10.5 Å². The van der Waals surface area contributed by atoms with Gasteiger partial charge in [0.15, 0.2) is 5.13 Å². The number of hydrogen-bond donors (Lipinski definition) is 3. The summed E-state index contributed by atoms with van der Waals surface area (Å²) < 4.78 is 3.20. The van der Waals surface area contributed by atoms with Gasteiger partial charge < -0.3 is 5.32 Å². The summed E-state index contributed by atoms with van der Waals surface area (Å²) in [5.41, 5.74) is 5.55. The molecule has 27 heavy (non-hydrogen) atoms. The van der Waals surface area contributed by atoms with E-state index in [0.29, 0.717) is 16.4 Å². The minimum absolute atomic E-state index is 0.353. The Morgan fingerprint density at radius 1 is 1.30 bits per heavy atom. The number of halogens is 1. The van der Waals surface area contributed by atoms with Gasteiger partial charge in [0.2, 0.25) is 0 Å². The zero-order valence-corrected chi connectivity index (χ0v) is 17.1. The number of anilines is 2. The van der Waals surface area contributed by atoms with Gasteiger partial charge in [0, 0.05) is 27.2 Å². The fourth-order valence-corrected chi connectivity index (χ4v) is 4.19. The molecule has 1 amide bonds. The number of nitrogens with one attached hydrogen (secondary N) is 2. The molecule has 3 heterocycles. The third kappa shape index (κ3) is 3.53. The molecule has 0 aliphatic rings. The molecule has 0 aliphatic heterocycles. The fraction of sp³-hybridized carbons (Fsp3) is 0.0556. The van der Waals surface area contributed by atoms with Gasteiger partial charge in [0.05, 0.1) is 16.3 Å². The summed E-state index contributed by atoms with van der Waals surface area (Å²) in [5.74, 6) is -0.561. The van der Waals surface area contributed by atoms with Gasteiger partial charge in [-0.15, -0.1) is 0 Å². The van der Waals surface area contributed by atoms with E-state index in [1.54, 1.807) is 23.7 Å². The summed E-state index contributed by atoms with van der Waals surface area (Å²) in [6.45, 7) is 1.99. The summed E-state index contributed by atoms with van der Waals surface area (Å²) in [5, 5.41) is 12.7. The van der Waals surface area contributed by atoms with Crippen LogP contribution in [0.5, 0.6) is 0 Å². The second-order valence-electron chi connectivity index (χ2n) is 5.80. The minimum atomic E-state index is -0.561. The van der Waals surface area contributed by atoms with Crippen LogP contribution in [0.1, 0.15) is 16.1 Å². The first-order chi connectivity index (χ1) is 13.0. The van der Waals surface area contributed by atoms with Crippen molar-refractivity contribution in [3.05, 3.63) is 63.6 Å². The predicted octanol–water partition coefficient (Wildman–Crippen LogP) is 4.23. The van der Waals surface area contributed by atoms with Crippen molar-refractivity contribution >= 4 is 56.3 Å². The van der Waals surface area contributed by atoms with Gasteiger partial charge in [0.25, 0.3) is 5.91 Å². The third-order valence-corrected chi connectivity index (χ3v) is 5.53. The molecule has 9 heteroatoms. The topological polar surface area (TPSA) is 91.5 Å². The number of pyridine rings is 1. The second kappa shape index (κ2) is 7.25. The van der Waals surface area contributed by atoms with E-state index in [-0.39, 0.29) is 0 Å². The Morgan fingerprint density at radius 3 is 2.96 bits per heavy atom. The van der Waals surface area contributed by atoms with Gasteiger partial charge in [-0.1, -0.05) is 17.4 Å². The predicted molar refractivity (Wildman–Crippen MR) is 113 cm³/mol. The fourth-order valence-electron chi connectivity index (χ4n) is 2.80. The Hall–Kier alpha value is -2.50. The van der Waals surface area contributed by atoms with Crippen molar-refractivity contribution < 1.29 is 10.0 Å². The summed E-state index contributed by atoms with van der Waals surface area (Å²) in [7, 11) is 0. The monoisotopic (exact) mass is 491 g/mol. The minimum Gasteiger partial charge on any atom is -0.332 e. The Balaban J connectivity index is 1.66. The molecule has 0 atom stereocenters. The molecule has 136 valence electrons. The molecule has 4 aromatic rings. The Labute approximate surface area is 172 Å². The number of fused-ring (bicyclic) bond motifs is 1. The molecule has 0 fully saturated rings. The smallest absolute Gasteiger partial charge is 0.274 e. The number of imidazole rings is 1. The highest BCUT2D eigenvalue weighted by molar-refractivity contribution is 14.1. The number of benzene rings is 1. The van der Waals surface area contributed by atoms with Crippen molar-refractivity contribution in [3.63, 3.8) is 0 Å². The molecule has 0 aliphatic carbocycles. The molecular formula is C18H14IN5O2S. The van der Waals surface area contributed by atoms with E-state index >= 15 is 0 Å². The van der Waals surface area contributed by atoms with Crippen LogP contribution in [0.4, 0.5) is 10.8 Å². The normalized spacial score (nSPS) is 10.9. The number of carbonyl (C=O) groups is 1. The Kier molecular flexibility index (Phi) is 4.81. The van der Waals surface area contributed by atoms with Crippen LogP contribution in [0.15, 0.2) is 48.8 Å². The van der Waals surface area contributed by atoms with E-state index in [0.717, 1.165) is 25.5 Å². The number of hydroxylamine groups is 1. The lowest BCUT2D eigenvalue weighted by Gasteiger charge is -2.04. The van der Waals surface area contributed by atoms with Crippen molar-refractivity contribution in [1.82, 2.24) is 19.8 Å². The SMILES string of the molecule is Cc1nc2ccc(I)cn2c1-c1cnc(Nc2cccc(C(=O)NO)c2)s1. The zero-order chi connectivity index (χ0) is 19.0. The largest absolute Gasteiger partial charge is 0.332 e. The van der Waals surface area contributed by atoms with E-state index in [9.17, 15) is 4.79 Å². The maximum absolute atomic E-state index is 11.6. The Morgan fingerprint density at radius 2 is 2.15 bits per heavy atom. The quantitative estimate of drug-likeness (QED) is 0.226. The summed E-state index contributed by atoms with van der Waals surface area (Å²) in [6, 6.07) is 10.9. The first-order valence-electron chi connectivity index (χ1n) is 7.97. The number of carbonyl (C=O) groups excluding carboxylic acids is 1. The van der Waals surface area contributed by atoms with Crippen molar-refractivity contribution in [2.45, 2.75) is 6.92 Å². The maximum atomic E-state index is 11.6. The molecule has 0 unspecified atom stereocenters. The van der Waals surface area contributed by atoms with Crippen molar-refractivity contribution in [2.24, 2.45) is 0 Å².